The maximum absolute atomic E-state index is 13.0. The number of benzene rings is 2. The van der Waals surface area contributed by atoms with Crippen LogP contribution in [0.1, 0.15) is 28.5 Å². The molecule has 168 valence electrons. The van der Waals surface area contributed by atoms with Crippen molar-refractivity contribution in [2.45, 2.75) is 20.3 Å². The third kappa shape index (κ3) is 4.56. The Morgan fingerprint density at radius 2 is 1.94 bits per heavy atom. The molecule has 4 aromatic rings. The smallest absolute Gasteiger partial charge is 0.294 e. The summed E-state index contributed by atoms with van der Waals surface area (Å²) in [5.41, 5.74) is 12.2. The van der Waals surface area contributed by atoms with Gasteiger partial charge in [-0.25, -0.2) is 10.1 Å². The van der Waals surface area contributed by atoms with Crippen molar-refractivity contribution in [1.29, 1.82) is 0 Å². The fourth-order valence-corrected chi connectivity index (χ4v) is 3.25. The van der Waals surface area contributed by atoms with E-state index < -0.39 is 5.91 Å². The number of ether oxygens (including phenoxy) is 1. The number of nitrogens with one attached hydrogen (secondary N) is 1. The number of anilines is 1. The molecule has 0 bridgehead atoms. The van der Waals surface area contributed by atoms with E-state index in [4.69, 9.17) is 10.5 Å². The molecule has 0 aliphatic heterocycles. The van der Waals surface area contributed by atoms with Crippen LogP contribution in [0.3, 0.4) is 0 Å². The molecule has 0 saturated carbocycles. The number of rotatable bonds is 7. The zero-order chi connectivity index (χ0) is 23.4. The maximum Gasteiger partial charge on any atom is 0.294 e. The highest BCUT2D eigenvalue weighted by Gasteiger charge is 2.25. The van der Waals surface area contributed by atoms with Gasteiger partial charge in [0.1, 0.15) is 11.4 Å². The number of hydrazone groups is 1. The fraction of sp³-hybridized carbons (Fsp3) is 0.182. The summed E-state index contributed by atoms with van der Waals surface area (Å²) in [5.74, 6) is 0.367. The molecule has 0 fully saturated rings. The first-order chi connectivity index (χ1) is 16.0. The highest BCUT2D eigenvalue weighted by atomic mass is 16.6. The van der Waals surface area contributed by atoms with Crippen LogP contribution in [0.5, 0.6) is 5.75 Å². The van der Waals surface area contributed by atoms with Crippen LogP contribution in [0.25, 0.3) is 17.1 Å². The van der Waals surface area contributed by atoms with Gasteiger partial charge in [-0.2, -0.15) is 9.78 Å². The molecular formula is C22H22N8O3. The Hall–Kier alpha value is -4.54. The molecule has 0 radical (unpaired) electrons. The summed E-state index contributed by atoms with van der Waals surface area (Å²) < 4.78 is 11.4. The zero-order valence-corrected chi connectivity index (χ0v) is 18.3. The summed E-state index contributed by atoms with van der Waals surface area (Å²) in [6.07, 6.45) is 0.503. The van der Waals surface area contributed by atoms with Gasteiger partial charge in [-0.1, -0.05) is 53.2 Å². The highest BCUT2D eigenvalue weighted by molar-refractivity contribution is 5.99. The molecule has 11 nitrogen and oxygen atoms in total. The molecule has 1 amide bonds. The molecular weight excluding hydrogens is 424 g/mol. The van der Waals surface area contributed by atoms with Crippen LogP contribution in [0.15, 0.2) is 58.3 Å². The molecule has 2 aromatic carbocycles. The lowest BCUT2D eigenvalue weighted by atomic mass is 10.1. The first-order valence-corrected chi connectivity index (χ1v) is 10.0. The van der Waals surface area contributed by atoms with Crippen LogP contribution >= 0.6 is 0 Å². The number of aromatic nitrogens is 5. The van der Waals surface area contributed by atoms with E-state index in [9.17, 15) is 4.79 Å². The van der Waals surface area contributed by atoms with Gasteiger partial charge in [0.05, 0.1) is 7.11 Å². The van der Waals surface area contributed by atoms with Crippen molar-refractivity contribution in [3.63, 3.8) is 0 Å². The first-order valence-electron chi connectivity index (χ1n) is 10.0. The summed E-state index contributed by atoms with van der Waals surface area (Å²) in [6.45, 7) is 3.78. The van der Waals surface area contributed by atoms with E-state index in [1.807, 2.05) is 62.4 Å². The predicted molar refractivity (Wildman–Crippen MR) is 121 cm³/mol. The average molecular weight is 446 g/mol. The molecule has 0 unspecified atom stereocenters. The number of carbonyl (C=O) groups excluding carboxylic acids is 1. The Bertz CT molecular complexity index is 1310. The second-order valence-corrected chi connectivity index (χ2v) is 7.31. The second kappa shape index (κ2) is 9.30. The lowest BCUT2D eigenvalue weighted by molar-refractivity contribution is 0.0950. The number of nitrogen functional groups attached to an aromatic ring is 1. The van der Waals surface area contributed by atoms with Crippen molar-refractivity contribution in [2.24, 2.45) is 5.10 Å². The van der Waals surface area contributed by atoms with Crippen LogP contribution in [0, 0.1) is 6.92 Å². The highest BCUT2D eigenvalue weighted by Crippen LogP contribution is 2.26. The molecule has 3 N–H and O–H groups in total. The Kier molecular flexibility index (Phi) is 6.11. The molecule has 0 spiro atoms. The number of methoxy groups -OCH3 is 1. The zero-order valence-electron chi connectivity index (χ0n) is 18.3. The van der Waals surface area contributed by atoms with Gasteiger partial charge < -0.3 is 10.5 Å². The summed E-state index contributed by atoms with van der Waals surface area (Å²) in [5, 5.41) is 19.7. The lowest BCUT2D eigenvalue weighted by Gasteiger charge is -2.08. The van der Waals surface area contributed by atoms with Crippen LogP contribution < -0.4 is 15.9 Å². The number of carbonyl (C=O) groups is 1. The number of aryl methyl sites for hydroxylation is 1. The van der Waals surface area contributed by atoms with Crippen molar-refractivity contribution in [1.82, 2.24) is 30.7 Å². The van der Waals surface area contributed by atoms with Crippen molar-refractivity contribution >= 4 is 17.4 Å². The Morgan fingerprint density at radius 1 is 1.18 bits per heavy atom. The number of nitrogens with zero attached hydrogens (tertiary/aromatic N) is 6. The normalized spacial score (nSPS) is 11.4. The summed E-state index contributed by atoms with van der Waals surface area (Å²) in [4.78, 5) is 13.0. The van der Waals surface area contributed by atoms with Gasteiger partial charge >= 0.3 is 0 Å². The monoisotopic (exact) mass is 446 g/mol. The molecule has 2 aromatic heterocycles. The number of nitrogens with two attached hydrogens (primary N) is 1. The van der Waals surface area contributed by atoms with Crippen molar-refractivity contribution in [3.8, 4) is 22.8 Å². The minimum absolute atomic E-state index is 0.0193. The predicted octanol–water partition coefficient (Wildman–Crippen LogP) is 2.56. The summed E-state index contributed by atoms with van der Waals surface area (Å²) >= 11 is 0. The maximum atomic E-state index is 13.0. The molecule has 0 atom stereocenters. The first kappa shape index (κ1) is 21.7. The van der Waals surface area contributed by atoms with Crippen LogP contribution in [-0.2, 0) is 6.42 Å². The average Bonchev–Trinajstić information content (AvgIpc) is 3.44. The summed E-state index contributed by atoms with van der Waals surface area (Å²) in [6, 6.07) is 15.1. The largest absolute Gasteiger partial charge is 0.496 e. The van der Waals surface area contributed by atoms with Gasteiger partial charge in [0.25, 0.3) is 5.91 Å². The molecule has 0 aliphatic carbocycles. The van der Waals surface area contributed by atoms with E-state index in [-0.39, 0.29) is 17.3 Å². The number of hydrogen-bond donors (Lipinski definition) is 2. The standard InChI is InChI=1S/C22H22N8O3/c1-13-8-10-15(11-9-13)19-18(25-29-30(19)21-20(23)27-33-28-21)22(31)26-24-14(2)12-16-6-4-5-7-17(16)32-3/h4-11H,12H2,1-3H3,(H2,23,27)(H,26,31)/b24-14-. The van der Waals surface area contributed by atoms with Crippen LogP contribution in [0.4, 0.5) is 5.82 Å². The SMILES string of the molecule is COc1ccccc1C/C(C)=N\NC(=O)c1nnn(-c2nonc2N)c1-c1ccc(C)cc1. The van der Waals surface area contributed by atoms with E-state index in [0.717, 1.165) is 16.9 Å². The molecule has 11 heteroatoms. The van der Waals surface area contributed by atoms with E-state index in [0.29, 0.717) is 23.4 Å². The van der Waals surface area contributed by atoms with Crippen molar-refractivity contribution < 1.29 is 14.2 Å². The van der Waals surface area contributed by atoms with E-state index in [1.165, 1.54) is 4.68 Å². The Morgan fingerprint density at radius 3 is 2.64 bits per heavy atom. The molecule has 33 heavy (non-hydrogen) atoms. The van der Waals surface area contributed by atoms with E-state index >= 15 is 0 Å². The topological polar surface area (TPSA) is 146 Å². The minimum atomic E-state index is -0.536. The van der Waals surface area contributed by atoms with Gasteiger partial charge in [-0.15, -0.1) is 5.10 Å². The number of amides is 1. The van der Waals surface area contributed by atoms with Gasteiger partial charge in [0.2, 0.25) is 11.6 Å². The molecule has 0 aliphatic rings. The molecule has 0 saturated heterocycles. The molecule has 2 heterocycles. The fourth-order valence-electron chi connectivity index (χ4n) is 3.25. The Balaban J connectivity index is 1.63. The molecule has 4 rings (SSSR count). The van der Waals surface area contributed by atoms with Crippen molar-refractivity contribution in [2.75, 3.05) is 12.8 Å². The van der Waals surface area contributed by atoms with Crippen molar-refractivity contribution in [3.05, 3.63) is 65.4 Å². The van der Waals surface area contributed by atoms with Crippen LogP contribution in [-0.4, -0.2) is 44.0 Å². The Labute approximate surface area is 189 Å². The second-order valence-electron chi connectivity index (χ2n) is 7.31. The van der Waals surface area contributed by atoms with Gasteiger partial charge in [-0.3, -0.25) is 4.79 Å². The van der Waals surface area contributed by atoms with E-state index in [2.05, 4.69) is 35.8 Å². The van der Waals surface area contributed by atoms with Crippen LogP contribution in [0.2, 0.25) is 0 Å². The van der Waals surface area contributed by atoms with Gasteiger partial charge in [0.15, 0.2) is 5.69 Å². The minimum Gasteiger partial charge on any atom is -0.496 e. The lowest BCUT2D eigenvalue weighted by Crippen LogP contribution is -2.21. The quantitative estimate of drug-likeness (QED) is 0.325. The van der Waals surface area contributed by atoms with Gasteiger partial charge in [0, 0.05) is 17.7 Å². The third-order valence-corrected chi connectivity index (χ3v) is 4.89. The third-order valence-electron chi connectivity index (χ3n) is 4.89. The number of hydrogen-bond acceptors (Lipinski definition) is 9. The summed E-state index contributed by atoms with van der Waals surface area (Å²) in [7, 11) is 1.61. The van der Waals surface area contributed by atoms with E-state index in [1.54, 1.807) is 7.11 Å². The number of para-hydroxylation sites is 1. The van der Waals surface area contributed by atoms with Gasteiger partial charge in [-0.05, 0) is 35.8 Å².